The summed E-state index contributed by atoms with van der Waals surface area (Å²) in [6.07, 6.45) is -2.13. The molecule has 1 aliphatic heterocycles. The average molecular weight is 453 g/mol. The summed E-state index contributed by atoms with van der Waals surface area (Å²) < 4.78 is 44.7. The van der Waals surface area contributed by atoms with E-state index < -0.39 is 11.7 Å². The Morgan fingerprint density at radius 3 is 2.87 bits per heavy atom. The highest BCUT2D eigenvalue weighted by Crippen LogP contribution is 2.36. The monoisotopic (exact) mass is 452 g/mol. The minimum absolute atomic E-state index is 0.198. The molecule has 9 heteroatoms. The summed E-state index contributed by atoms with van der Waals surface area (Å²) in [4.78, 5) is 17.5. The lowest BCUT2D eigenvalue weighted by Crippen LogP contribution is -2.32. The lowest BCUT2D eigenvalue weighted by Gasteiger charge is -2.24. The fraction of sp³-hybridized carbons (Fsp3) is 0.238. The predicted octanol–water partition coefficient (Wildman–Crippen LogP) is 5.60. The first-order valence-corrected chi connectivity index (χ1v) is 10.3. The third-order valence-electron chi connectivity index (χ3n) is 4.75. The second-order valence-corrected chi connectivity index (χ2v) is 8.45. The van der Waals surface area contributed by atoms with E-state index in [2.05, 4.69) is 10.3 Å². The van der Waals surface area contributed by atoms with Gasteiger partial charge in [-0.1, -0.05) is 35.9 Å². The Hall–Kier alpha value is -2.58. The van der Waals surface area contributed by atoms with E-state index in [4.69, 9.17) is 16.3 Å². The highest BCUT2D eigenvalue weighted by Gasteiger charge is 2.33. The van der Waals surface area contributed by atoms with Gasteiger partial charge in [-0.15, -0.1) is 11.3 Å². The van der Waals surface area contributed by atoms with Crippen molar-refractivity contribution in [3.8, 4) is 5.75 Å². The van der Waals surface area contributed by atoms with Crippen LogP contribution in [0.25, 0.3) is 0 Å². The first-order valence-electron chi connectivity index (χ1n) is 9.11. The van der Waals surface area contributed by atoms with Crippen LogP contribution < -0.4 is 10.1 Å². The number of carbonyl (C=O) groups is 1. The number of hydrogen-bond donors (Lipinski definition) is 1. The van der Waals surface area contributed by atoms with E-state index in [9.17, 15) is 18.0 Å². The molecule has 0 saturated heterocycles. The lowest BCUT2D eigenvalue weighted by molar-refractivity contribution is -0.137. The van der Waals surface area contributed by atoms with Gasteiger partial charge in [-0.25, -0.2) is 4.98 Å². The summed E-state index contributed by atoms with van der Waals surface area (Å²) >= 11 is 6.89. The molecule has 4 rings (SSSR count). The number of anilines is 1. The van der Waals surface area contributed by atoms with Gasteiger partial charge >= 0.3 is 6.18 Å². The maximum Gasteiger partial charge on any atom is 0.417 e. The molecule has 3 aromatic rings. The molecule has 0 radical (unpaired) electrons. The van der Waals surface area contributed by atoms with E-state index >= 15 is 0 Å². The van der Waals surface area contributed by atoms with Crippen molar-refractivity contribution >= 4 is 34.0 Å². The summed E-state index contributed by atoms with van der Waals surface area (Å²) in [5.41, 5.74) is 0.578. The number of fused-ring (bicyclic) bond motifs is 1. The number of ether oxygens (including phenoxy) is 1. The molecule has 30 heavy (non-hydrogen) atoms. The van der Waals surface area contributed by atoms with Crippen LogP contribution in [0, 0.1) is 5.92 Å². The molecule has 0 fully saturated rings. The van der Waals surface area contributed by atoms with Gasteiger partial charge < -0.3 is 10.1 Å². The van der Waals surface area contributed by atoms with Gasteiger partial charge in [0, 0.05) is 17.5 Å². The van der Waals surface area contributed by atoms with E-state index in [1.807, 2.05) is 24.3 Å². The number of carbonyl (C=O) groups excluding carboxylic acids is 1. The number of hydrogen-bond acceptors (Lipinski definition) is 4. The summed E-state index contributed by atoms with van der Waals surface area (Å²) in [5, 5.41) is 2.85. The first kappa shape index (κ1) is 20.7. The lowest BCUT2D eigenvalue weighted by atomic mass is 9.96. The molecule has 0 spiro atoms. The zero-order chi connectivity index (χ0) is 21.3. The number of aromatic nitrogens is 1. The third kappa shape index (κ3) is 4.60. The van der Waals surface area contributed by atoms with Crippen molar-refractivity contribution in [2.24, 2.45) is 5.92 Å². The zero-order valence-electron chi connectivity index (χ0n) is 15.5. The maximum atomic E-state index is 13.0. The number of amides is 1. The summed E-state index contributed by atoms with van der Waals surface area (Å²) in [6.45, 7) is 0.284. The smallest absolute Gasteiger partial charge is 0.417 e. The van der Waals surface area contributed by atoms with Crippen LogP contribution in [0.2, 0.25) is 5.02 Å². The van der Waals surface area contributed by atoms with Crippen molar-refractivity contribution in [3.63, 3.8) is 0 Å². The third-order valence-corrected chi connectivity index (χ3v) is 5.99. The molecule has 0 bridgehead atoms. The normalized spacial score (nSPS) is 15.9. The van der Waals surface area contributed by atoms with Gasteiger partial charge in [0.05, 0.1) is 16.5 Å². The van der Waals surface area contributed by atoms with Gasteiger partial charge in [-0.05, 0) is 35.7 Å². The molecule has 1 atom stereocenters. The van der Waals surface area contributed by atoms with E-state index in [1.54, 1.807) is 12.3 Å². The van der Waals surface area contributed by atoms with E-state index in [0.717, 1.165) is 22.3 Å². The Morgan fingerprint density at radius 2 is 2.07 bits per heavy atom. The van der Waals surface area contributed by atoms with E-state index in [0.29, 0.717) is 17.1 Å². The van der Waals surface area contributed by atoms with Gasteiger partial charge in [0.2, 0.25) is 5.91 Å². The van der Waals surface area contributed by atoms with Crippen LogP contribution >= 0.6 is 22.9 Å². The van der Waals surface area contributed by atoms with Gasteiger partial charge in [0.1, 0.15) is 12.4 Å². The number of thiazole rings is 1. The molecular formula is C21H16ClF3N2O2S. The number of alkyl halides is 3. The van der Waals surface area contributed by atoms with Gasteiger partial charge in [0.15, 0.2) is 5.13 Å². The van der Waals surface area contributed by atoms with Gasteiger partial charge in [-0.3, -0.25) is 4.79 Å². The molecule has 0 aliphatic carbocycles. The SMILES string of the molecule is O=C(Nc1ncc(Cc2ccc(Cl)c(C(F)(F)F)c2)s1)C1COc2ccccc2C1. The molecule has 2 heterocycles. The Morgan fingerprint density at radius 1 is 1.27 bits per heavy atom. The van der Waals surface area contributed by atoms with E-state index in [1.165, 1.54) is 17.4 Å². The number of halogens is 4. The highest BCUT2D eigenvalue weighted by atomic mass is 35.5. The maximum absolute atomic E-state index is 13.0. The highest BCUT2D eigenvalue weighted by molar-refractivity contribution is 7.15. The summed E-state index contributed by atoms with van der Waals surface area (Å²) in [6, 6.07) is 11.4. The molecule has 1 amide bonds. The molecule has 1 aromatic heterocycles. The van der Waals surface area contributed by atoms with Crippen molar-refractivity contribution in [3.05, 3.63) is 75.3 Å². The number of rotatable bonds is 4. The van der Waals surface area contributed by atoms with Crippen LogP contribution in [0.3, 0.4) is 0 Å². The number of benzene rings is 2. The second kappa shape index (κ2) is 8.28. The standard InChI is InChI=1S/C21H16ClF3N2O2S/c22-17-6-5-12(8-16(17)21(23,24)25)7-15-10-26-20(30-15)27-19(28)14-9-13-3-1-2-4-18(13)29-11-14/h1-6,8,10,14H,7,9,11H2,(H,26,27,28). The van der Waals surface area contributed by atoms with Crippen LogP contribution in [0.15, 0.2) is 48.7 Å². The Balaban J connectivity index is 1.41. The molecule has 1 aliphatic rings. The topological polar surface area (TPSA) is 51.2 Å². The zero-order valence-corrected chi connectivity index (χ0v) is 17.1. The fourth-order valence-electron chi connectivity index (χ4n) is 3.25. The quantitative estimate of drug-likeness (QED) is 0.561. The molecule has 2 aromatic carbocycles. The van der Waals surface area contributed by atoms with Crippen LogP contribution in [-0.2, 0) is 23.8 Å². The number of nitrogens with one attached hydrogen (secondary N) is 1. The summed E-state index contributed by atoms with van der Waals surface area (Å²) in [7, 11) is 0. The predicted molar refractivity (Wildman–Crippen MR) is 109 cm³/mol. The molecule has 1 N–H and O–H groups in total. The molecular weight excluding hydrogens is 437 g/mol. The Bertz CT molecular complexity index is 1080. The average Bonchev–Trinajstić information content (AvgIpc) is 3.15. The molecule has 156 valence electrons. The Kier molecular flexibility index (Phi) is 5.71. The van der Waals surface area contributed by atoms with Crippen molar-refractivity contribution < 1.29 is 22.7 Å². The van der Waals surface area contributed by atoms with E-state index in [-0.39, 0.29) is 29.9 Å². The van der Waals surface area contributed by atoms with Crippen molar-refractivity contribution in [2.45, 2.75) is 19.0 Å². The molecule has 1 unspecified atom stereocenters. The first-order chi connectivity index (χ1) is 14.3. The van der Waals surface area contributed by atoms with Crippen LogP contribution in [0.4, 0.5) is 18.3 Å². The Labute approximate surface area is 179 Å². The molecule has 0 saturated carbocycles. The van der Waals surface area contributed by atoms with Crippen molar-refractivity contribution in [2.75, 3.05) is 11.9 Å². The summed E-state index contributed by atoms with van der Waals surface area (Å²) in [5.74, 6) is 0.258. The van der Waals surface area contributed by atoms with Crippen molar-refractivity contribution in [1.29, 1.82) is 0 Å². The fourth-order valence-corrected chi connectivity index (χ4v) is 4.33. The second-order valence-electron chi connectivity index (χ2n) is 6.93. The molecule has 4 nitrogen and oxygen atoms in total. The van der Waals surface area contributed by atoms with Crippen LogP contribution in [0.5, 0.6) is 5.75 Å². The van der Waals surface area contributed by atoms with Gasteiger partial charge in [0.25, 0.3) is 0 Å². The van der Waals surface area contributed by atoms with Gasteiger partial charge in [-0.2, -0.15) is 13.2 Å². The minimum Gasteiger partial charge on any atom is -0.492 e. The number of nitrogens with zero attached hydrogens (tertiary/aromatic N) is 1. The number of para-hydroxylation sites is 1. The van der Waals surface area contributed by atoms with Crippen LogP contribution in [-0.4, -0.2) is 17.5 Å². The minimum atomic E-state index is -4.51. The largest absolute Gasteiger partial charge is 0.492 e. The van der Waals surface area contributed by atoms with Crippen molar-refractivity contribution in [1.82, 2.24) is 4.98 Å². The van der Waals surface area contributed by atoms with Crippen LogP contribution in [0.1, 0.15) is 21.6 Å².